The van der Waals surface area contributed by atoms with Gasteiger partial charge in [-0.1, -0.05) is 0 Å². The maximum absolute atomic E-state index is 11.6. The van der Waals surface area contributed by atoms with Crippen molar-refractivity contribution in [3.63, 3.8) is 0 Å². The number of methoxy groups -OCH3 is 2. The van der Waals surface area contributed by atoms with Crippen molar-refractivity contribution in [2.75, 3.05) is 26.1 Å². The predicted octanol–water partition coefficient (Wildman–Crippen LogP) is 1.97. The van der Waals surface area contributed by atoms with Gasteiger partial charge in [-0.15, -0.1) is 0 Å². The quantitative estimate of drug-likeness (QED) is 0.489. The van der Waals surface area contributed by atoms with Crippen LogP contribution in [-0.4, -0.2) is 32.7 Å². The largest absolute Gasteiger partial charge is 0.501 e. The maximum Gasteiger partial charge on any atom is 0.338 e. The number of benzene rings is 1. The molecule has 0 radical (unpaired) electrons. The van der Waals surface area contributed by atoms with Crippen molar-refractivity contribution < 1.29 is 23.8 Å². The highest BCUT2D eigenvalue weighted by Gasteiger charge is 2.10. The minimum absolute atomic E-state index is 0.288. The van der Waals surface area contributed by atoms with E-state index in [0.29, 0.717) is 18.0 Å². The van der Waals surface area contributed by atoms with Gasteiger partial charge in [-0.25, -0.2) is 4.79 Å². The Bertz CT molecular complexity index is 510. The minimum atomic E-state index is -0.510. The highest BCUT2D eigenvalue weighted by Crippen LogP contribution is 2.21. The lowest BCUT2D eigenvalue weighted by Crippen LogP contribution is -2.10. The van der Waals surface area contributed by atoms with Crippen LogP contribution in [0, 0.1) is 0 Å². The number of carbonyl (C=O) groups excluding carboxylic acids is 2. The number of rotatable bonds is 6. The van der Waals surface area contributed by atoms with Crippen molar-refractivity contribution in [3.05, 3.63) is 36.1 Å². The van der Waals surface area contributed by atoms with Crippen molar-refractivity contribution >= 4 is 17.6 Å². The van der Waals surface area contributed by atoms with E-state index in [0.717, 1.165) is 0 Å². The molecule has 1 amide bonds. The lowest BCUT2D eigenvalue weighted by atomic mass is 10.2. The number of carbonyl (C=O) groups is 2. The Kier molecular flexibility index (Phi) is 6.09. The molecule has 20 heavy (non-hydrogen) atoms. The smallest absolute Gasteiger partial charge is 0.338 e. The average Bonchev–Trinajstić information content (AvgIpc) is 2.46. The fourth-order valence-electron chi connectivity index (χ4n) is 1.41. The van der Waals surface area contributed by atoms with Gasteiger partial charge in [-0.2, -0.15) is 0 Å². The molecule has 1 aromatic rings. The van der Waals surface area contributed by atoms with Crippen LogP contribution in [0.2, 0.25) is 0 Å². The molecule has 108 valence electrons. The van der Waals surface area contributed by atoms with E-state index in [1.807, 2.05) is 6.92 Å². The molecule has 0 saturated carbocycles. The Morgan fingerprint density at radius 1 is 1.25 bits per heavy atom. The first kappa shape index (κ1) is 15.6. The molecular formula is C14H17NO5. The molecule has 0 aromatic heterocycles. The Hall–Kier alpha value is -2.50. The topological polar surface area (TPSA) is 73.9 Å². The number of esters is 1. The van der Waals surface area contributed by atoms with Crippen LogP contribution in [-0.2, 0) is 14.3 Å². The Balaban J connectivity index is 2.88. The highest BCUT2D eigenvalue weighted by atomic mass is 16.5. The molecule has 6 heteroatoms. The zero-order valence-corrected chi connectivity index (χ0v) is 11.6. The number of hydrogen-bond acceptors (Lipinski definition) is 5. The van der Waals surface area contributed by atoms with Crippen LogP contribution in [0.25, 0.3) is 0 Å². The van der Waals surface area contributed by atoms with Gasteiger partial charge >= 0.3 is 5.97 Å². The van der Waals surface area contributed by atoms with E-state index < -0.39 is 5.97 Å². The van der Waals surface area contributed by atoms with Crippen molar-refractivity contribution in [1.82, 2.24) is 0 Å². The number of hydrogen-bond donors (Lipinski definition) is 1. The van der Waals surface area contributed by atoms with E-state index in [-0.39, 0.29) is 11.5 Å². The lowest BCUT2D eigenvalue weighted by molar-refractivity contribution is -0.112. The van der Waals surface area contributed by atoms with Crippen LogP contribution in [0.4, 0.5) is 5.69 Å². The second-order valence-corrected chi connectivity index (χ2v) is 3.69. The molecule has 6 nitrogen and oxygen atoms in total. The summed E-state index contributed by atoms with van der Waals surface area (Å²) in [6.07, 6.45) is 2.55. The van der Waals surface area contributed by atoms with Gasteiger partial charge in [0, 0.05) is 17.8 Å². The second-order valence-electron chi connectivity index (χ2n) is 3.69. The molecule has 1 aromatic carbocycles. The molecule has 0 saturated heterocycles. The minimum Gasteiger partial charge on any atom is -0.501 e. The SMILES string of the molecule is CCO/C=C/C(=O)Nc1cc(OC)cc(C(=O)OC)c1. The van der Waals surface area contributed by atoms with E-state index in [9.17, 15) is 9.59 Å². The molecule has 1 rings (SSSR count). The molecule has 0 heterocycles. The van der Waals surface area contributed by atoms with Crippen molar-refractivity contribution in [3.8, 4) is 5.75 Å². The monoisotopic (exact) mass is 279 g/mol. The molecule has 0 aliphatic carbocycles. The summed E-state index contributed by atoms with van der Waals surface area (Å²) in [7, 11) is 2.75. The summed E-state index contributed by atoms with van der Waals surface area (Å²) in [6.45, 7) is 2.29. The third-order valence-electron chi connectivity index (χ3n) is 2.31. The molecule has 0 fully saturated rings. The van der Waals surface area contributed by atoms with E-state index in [2.05, 4.69) is 10.1 Å². The zero-order valence-electron chi connectivity index (χ0n) is 11.6. The predicted molar refractivity (Wildman–Crippen MR) is 73.7 cm³/mol. The average molecular weight is 279 g/mol. The summed E-state index contributed by atoms with van der Waals surface area (Å²) in [4.78, 5) is 23.1. The molecule has 1 N–H and O–H groups in total. The molecule has 0 unspecified atom stereocenters. The Morgan fingerprint density at radius 2 is 2.00 bits per heavy atom. The molecule has 0 aliphatic rings. The van der Waals surface area contributed by atoms with Crippen LogP contribution in [0.3, 0.4) is 0 Å². The first-order chi connectivity index (χ1) is 9.60. The van der Waals surface area contributed by atoms with Gasteiger partial charge in [-0.05, 0) is 19.1 Å². The van der Waals surface area contributed by atoms with Crippen LogP contribution >= 0.6 is 0 Å². The number of ether oxygens (including phenoxy) is 3. The lowest BCUT2D eigenvalue weighted by Gasteiger charge is -2.08. The third kappa shape index (κ3) is 4.64. The van der Waals surface area contributed by atoms with Gasteiger partial charge in [0.15, 0.2) is 0 Å². The molecule has 0 aliphatic heterocycles. The summed E-state index contributed by atoms with van der Waals surface area (Å²) in [6, 6.07) is 4.62. The summed E-state index contributed by atoms with van der Waals surface area (Å²) >= 11 is 0. The summed E-state index contributed by atoms with van der Waals surface area (Å²) in [5.74, 6) is -0.441. The zero-order chi connectivity index (χ0) is 15.0. The number of amides is 1. The van der Waals surface area contributed by atoms with E-state index >= 15 is 0 Å². The van der Waals surface area contributed by atoms with Crippen LogP contribution in [0.5, 0.6) is 5.75 Å². The van der Waals surface area contributed by atoms with Gasteiger partial charge in [0.1, 0.15) is 5.75 Å². The Labute approximate surface area is 117 Å². The van der Waals surface area contributed by atoms with E-state index in [1.54, 1.807) is 6.07 Å². The Morgan fingerprint density at radius 3 is 2.60 bits per heavy atom. The fourth-order valence-corrected chi connectivity index (χ4v) is 1.41. The number of nitrogens with one attached hydrogen (secondary N) is 1. The molecule has 0 bridgehead atoms. The van der Waals surface area contributed by atoms with Gasteiger partial charge in [0.25, 0.3) is 5.91 Å². The van der Waals surface area contributed by atoms with Crippen molar-refractivity contribution in [2.24, 2.45) is 0 Å². The standard InChI is InChI=1S/C14H17NO5/c1-4-20-6-5-13(16)15-11-7-10(14(17)19-3)8-12(9-11)18-2/h5-9H,4H2,1-3H3,(H,15,16)/b6-5+. The molecule has 0 spiro atoms. The second kappa shape index (κ2) is 7.83. The van der Waals surface area contributed by atoms with Crippen molar-refractivity contribution in [1.29, 1.82) is 0 Å². The summed E-state index contributed by atoms with van der Waals surface area (Å²) in [5.41, 5.74) is 0.715. The van der Waals surface area contributed by atoms with E-state index in [4.69, 9.17) is 9.47 Å². The fraction of sp³-hybridized carbons (Fsp3) is 0.286. The third-order valence-corrected chi connectivity index (χ3v) is 2.31. The number of anilines is 1. The first-order valence-electron chi connectivity index (χ1n) is 5.97. The first-order valence-corrected chi connectivity index (χ1v) is 5.97. The van der Waals surface area contributed by atoms with Crippen molar-refractivity contribution in [2.45, 2.75) is 6.92 Å². The molecule has 0 atom stereocenters. The van der Waals surface area contributed by atoms with E-state index in [1.165, 1.54) is 38.7 Å². The summed E-state index contributed by atoms with van der Waals surface area (Å²) < 4.78 is 14.6. The maximum atomic E-state index is 11.6. The van der Waals surface area contributed by atoms with Gasteiger partial charge < -0.3 is 19.5 Å². The summed E-state index contributed by atoms with van der Waals surface area (Å²) in [5, 5.41) is 2.60. The molecular weight excluding hydrogens is 262 g/mol. The normalized spacial score (nSPS) is 10.2. The van der Waals surface area contributed by atoms with Gasteiger partial charge in [0.2, 0.25) is 0 Å². The van der Waals surface area contributed by atoms with Crippen LogP contribution < -0.4 is 10.1 Å². The highest BCUT2D eigenvalue weighted by molar-refractivity contribution is 6.00. The van der Waals surface area contributed by atoms with Crippen LogP contribution in [0.15, 0.2) is 30.5 Å². The van der Waals surface area contributed by atoms with Gasteiger partial charge in [-0.3, -0.25) is 4.79 Å². The van der Waals surface area contributed by atoms with Crippen LogP contribution in [0.1, 0.15) is 17.3 Å². The van der Waals surface area contributed by atoms with Gasteiger partial charge in [0.05, 0.1) is 32.7 Å².